The van der Waals surface area contributed by atoms with Crippen molar-refractivity contribution in [2.75, 3.05) is 6.61 Å². The minimum Gasteiger partial charge on any atom is -0.492 e. The average molecular weight is 312 g/mol. The number of ether oxygens (including phenoxy) is 1. The van der Waals surface area contributed by atoms with Crippen LogP contribution in [0, 0.1) is 0 Å². The van der Waals surface area contributed by atoms with Gasteiger partial charge in [0, 0.05) is 21.8 Å². The SMILES string of the molecule is CCCOc1cncc(C(O)c2cc(Cl)cc(Cl)c2)c1. The first-order chi connectivity index (χ1) is 9.60. The summed E-state index contributed by atoms with van der Waals surface area (Å²) in [6.07, 6.45) is 3.29. The van der Waals surface area contributed by atoms with Crippen molar-refractivity contribution in [2.24, 2.45) is 0 Å². The lowest BCUT2D eigenvalue weighted by molar-refractivity contribution is 0.218. The van der Waals surface area contributed by atoms with Crippen molar-refractivity contribution in [2.45, 2.75) is 19.4 Å². The Morgan fingerprint density at radius 3 is 2.45 bits per heavy atom. The number of pyridine rings is 1. The molecule has 1 aromatic heterocycles. The first-order valence-electron chi connectivity index (χ1n) is 6.32. The van der Waals surface area contributed by atoms with Gasteiger partial charge in [-0.15, -0.1) is 0 Å². The highest BCUT2D eigenvalue weighted by molar-refractivity contribution is 6.34. The Bertz CT molecular complexity index is 570. The van der Waals surface area contributed by atoms with E-state index in [0.29, 0.717) is 33.5 Å². The lowest BCUT2D eigenvalue weighted by Gasteiger charge is -2.13. The van der Waals surface area contributed by atoms with E-state index in [2.05, 4.69) is 4.98 Å². The van der Waals surface area contributed by atoms with Gasteiger partial charge < -0.3 is 9.84 Å². The van der Waals surface area contributed by atoms with Crippen LogP contribution in [-0.2, 0) is 0 Å². The zero-order valence-electron chi connectivity index (χ0n) is 11.0. The van der Waals surface area contributed by atoms with Crippen LogP contribution in [-0.4, -0.2) is 16.7 Å². The quantitative estimate of drug-likeness (QED) is 0.897. The molecule has 2 rings (SSSR count). The standard InChI is InChI=1S/C15H15Cl2NO2/c1-2-3-20-14-6-11(8-18-9-14)15(19)10-4-12(16)7-13(17)5-10/h4-9,15,19H,2-3H2,1H3. The van der Waals surface area contributed by atoms with E-state index in [1.165, 1.54) is 0 Å². The third kappa shape index (κ3) is 3.85. The van der Waals surface area contributed by atoms with Crippen LogP contribution in [0.2, 0.25) is 10.0 Å². The summed E-state index contributed by atoms with van der Waals surface area (Å²) in [7, 11) is 0. The van der Waals surface area contributed by atoms with Crippen LogP contribution in [0.25, 0.3) is 0 Å². The number of aliphatic hydroxyl groups is 1. The summed E-state index contributed by atoms with van der Waals surface area (Å²) in [6, 6.07) is 6.75. The maximum Gasteiger partial charge on any atom is 0.137 e. The highest BCUT2D eigenvalue weighted by atomic mass is 35.5. The molecule has 1 aromatic carbocycles. The van der Waals surface area contributed by atoms with Gasteiger partial charge in [-0.1, -0.05) is 30.1 Å². The zero-order chi connectivity index (χ0) is 14.5. The molecule has 20 heavy (non-hydrogen) atoms. The summed E-state index contributed by atoms with van der Waals surface area (Å²) >= 11 is 11.9. The van der Waals surface area contributed by atoms with Crippen LogP contribution in [0.5, 0.6) is 5.75 Å². The van der Waals surface area contributed by atoms with E-state index in [9.17, 15) is 5.11 Å². The largest absolute Gasteiger partial charge is 0.492 e. The molecule has 0 fully saturated rings. The molecule has 5 heteroatoms. The van der Waals surface area contributed by atoms with E-state index < -0.39 is 6.10 Å². The summed E-state index contributed by atoms with van der Waals surface area (Å²) < 4.78 is 5.50. The normalized spacial score (nSPS) is 12.2. The van der Waals surface area contributed by atoms with E-state index in [1.807, 2.05) is 6.92 Å². The molecule has 0 bridgehead atoms. The Balaban J connectivity index is 2.25. The molecule has 0 aliphatic rings. The second kappa shape index (κ2) is 6.93. The van der Waals surface area contributed by atoms with Crippen molar-refractivity contribution in [1.29, 1.82) is 0 Å². The topological polar surface area (TPSA) is 42.4 Å². The van der Waals surface area contributed by atoms with Crippen molar-refractivity contribution in [3.05, 3.63) is 57.8 Å². The van der Waals surface area contributed by atoms with Gasteiger partial charge in [-0.3, -0.25) is 4.98 Å². The number of aromatic nitrogens is 1. The molecule has 0 saturated carbocycles. The minimum atomic E-state index is -0.844. The predicted octanol–water partition coefficient (Wildman–Crippen LogP) is 4.26. The van der Waals surface area contributed by atoms with Crippen LogP contribution in [0.4, 0.5) is 0 Å². The molecule has 0 spiro atoms. The number of hydrogen-bond acceptors (Lipinski definition) is 3. The van der Waals surface area contributed by atoms with Crippen molar-refractivity contribution < 1.29 is 9.84 Å². The molecule has 1 N–H and O–H groups in total. The summed E-state index contributed by atoms with van der Waals surface area (Å²) in [6.45, 7) is 2.64. The fourth-order valence-corrected chi connectivity index (χ4v) is 2.35. The summed E-state index contributed by atoms with van der Waals surface area (Å²) in [5.74, 6) is 0.636. The van der Waals surface area contributed by atoms with E-state index in [-0.39, 0.29) is 0 Å². The number of halogens is 2. The molecule has 3 nitrogen and oxygen atoms in total. The van der Waals surface area contributed by atoms with Gasteiger partial charge in [0.25, 0.3) is 0 Å². The average Bonchev–Trinajstić information content (AvgIpc) is 2.43. The Morgan fingerprint density at radius 1 is 1.10 bits per heavy atom. The van der Waals surface area contributed by atoms with Gasteiger partial charge in [-0.2, -0.15) is 0 Å². The van der Waals surface area contributed by atoms with Gasteiger partial charge in [0.15, 0.2) is 0 Å². The lowest BCUT2D eigenvalue weighted by Crippen LogP contribution is -2.02. The molecule has 1 heterocycles. The predicted molar refractivity (Wildman–Crippen MR) is 80.5 cm³/mol. The van der Waals surface area contributed by atoms with Crippen LogP contribution in [0.1, 0.15) is 30.6 Å². The molecular formula is C15H15Cl2NO2. The number of aliphatic hydroxyl groups excluding tert-OH is 1. The van der Waals surface area contributed by atoms with Gasteiger partial charge >= 0.3 is 0 Å². The van der Waals surface area contributed by atoms with Crippen molar-refractivity contribution in [3.8, 4) is 5.75 Å². The lowest BCUT2D eigenvalue weighted by atomic mass is 10.0. The number of nitrogens with zero attached hydrogens (tertiary/aromatic N) is 1. The van der Waals surface area contributed by atoms with Gasteiger partial charge in [-0.25, -0.2) is 0 Å². The highest BCUT2D eigenvalue weighted by Crippen LogP contribution is 2.28. The summed E-state index contributed by atoms with van der Waals surface area (Å²) in [5, 5.41) is 11.3. The van der Waals surface area contributed by atoms with E-state index >= 15 is 0 Å². The molecule has 1 unspecified atom stereocenters. The molecule has 0 radical (unpaired) electrons. The van der Waals surface area contributed by atoms with Gasteiger partial charge in [0.2, 0.25) is 0 Å². The molecule has 106 valence electrons. The van der Waals surface area contributed by atoms with Crippen molar-refractivity contribution in [3.63, 3.8) is 0 Å². The maximum atomic E-state index is 10.4. The third-order valence-electron chi connectivity index (χ3n) is 2.72. The smallest absolute Gasteiger partial charge is 0.137 e. The highest BCUT2D eigenvalue weighted by Gasteiger charge is 2.13. The molecule has 2 aromatic rings. The van der Waals surface area contributed by atoms with Crippen LogP contribution < -0.4 is 4.74 Å². The van der Waals surface area contributed by atoms with E-state index in [1.54, 1.807) is 36.7 Å². The van der Waals surface area contributed by atoms with Crippen molar-refractivity contribution >= 4 is 23.2 Å². The Labute approximate surface area is 128 Å². The van der Waals surface area contributed by atoms with E-state index in [4.69, 9.17) is 27.9 Å². The fraction of sp³-hybridized carbons (Fsp3) is 0.267. The first kappa shape index (κ1) is 15.1. The first-order valence-corrected chi connectivity index (χ1v) is 7.07. The number of hydrogen-bond donors (Lipinski definition) is 1. The Hall–Kier alpha value is -1.29. The van der Waals surface area contributed by atoms with Gasteiger partial charge in [0.05, 0.1) is 12.8 Å². The molecule has 1 atom stereocenters. The van der Waals surface area contributed by atoms with Gasteiger partial charge in [-0.05, 0) is 36.2 Å². The van der Waals surface area contributed by atoms with Crippen LogP contribution >= 0.6 is 23.2 Å². The molecular weight excluding hydrogens is 297 g/mol. The second-order valence-corrected chi connectivity index (χ2v) is 5.28. The Kier molecular flexibility index (Phi) is 5.24. The number of benzene rings is 1. The van der Waals surface area contributed by atoms with E-state index in [0.717, 1.165) is 6.42 Å². The Morgan fingerprint density at radius 2 is 1.80 bits per heavy atom. The van der Waals surface area contributed by atoms with Gasteiger partial charge in [0.1, 0.15) is 11.9 Å². The second-order valence-electron chi connectivity index (χ2n) is 4.41. The zero-order valence-corrected chi connectivity index (χ0v) is 12.5. The monoisotopic (exact) mass is 311 g/mol. The maximum absolute atomic E-state index is 10.4. The number of rotatable bonds is 5. The molecule has 0 saturated heterocycles. The molecule has 0 amide bonds. The molecule has 0 aliphatic heterocycles. The summed E-state index contributed by atoms with van der Waals surface area (Å²) in [4.78, 5) is 4.08. The summed E-state index contributed by atoms with van der Waals surface area (Å²) in [5.41, 5.74) is 1.26. The fourth-order valence-electron chi connectivity index (χ4n) is 1.81. The minimum absolute atomic E-state index is 0.484. The van der Waals surface area contributed by atoms with Crippen LogP contribution in [0.3, 0.4) is 0 Å². The molecule has 0 aliphatic carbocycles. The van der Waals surface area contributed by atoms with Crippen LogP contribution in [0.15, 0.2) is 36.7 Å². The third-order valence-corrected chi connectivity index (χ3v) is 3.16. The van der Waals surface area contributed by atoms with Crippen molar-refractivity contribution in [1.82, 2.24) is 4.98 Å².